The molecule has 0 aliphatic carbocycles. The summed E-state index contributed by atoms with van der Waals surface area (Å²) in [6, 6.07) is 0. The van der Waals surface area contributed by atoms with Gasteiger partial charge in [0.15, 0.2) is 0 Å². The summed E-state index contributed by atoms with van der Waals surface area (Å²) in [5.41, 5.74) is 0. The van der Waals surface area contributed by atoms with Crippen LogP contribution in [0.3, 0.4) is 0 Å². The molecule has 0 N–H and O–H groups in total. The van der Waals surface area contributed by atoms with Gasteiger partial charge in [-0.05, 0) is 18.3 Å². The van der Waals surface area contributed by atoms with Crippen molar-refractivity contribution in [3.05, 3.63) is 6.42 Å². The molecule has 8 heavy (non-hydrogen) atoms. The van der Waals surface area contributed by atoms with E-state index in [0.717, 1.165) is 11.8 Å². The summed E-state index contributed by atoms with van der Waals surface area (Å²) in [7, 11) is 0. The Morgan fingerprint density at radius 2 is 1.12 bits per heavy atom. The molecule has 0 rings (SSSR count). The van der Waals surface area contributed by atoms with Crippen LogP contribution in [0.4, 0.5) is 0 Å². The molecule has 0 saturated heterocycles. The fourth-order valence-corrected chi connectivity index (χ4v) is 0.770. The molecule has 0 aromatic rings. The molecule has 0 aromatic carbocycles. The molecular formula is C7H18In. The van der Waals surface area contributed by atoms with Crippen LogP contribution in [-0.4, -0.2) is 25.8 Å². The first-order valence-corrected chi connectivity index (χ1v) is 2.98. The van der Waals surface area contributed by atoms with Gasteiger partial charge in [-0.15, -0.1) is 0 Å². The minimum absolute atomic E-state index is 0. The maximum absolute atomic E-state index is 2.33. The van der Waals surface area contributed by atoms with E-state index in [-0.39, 0.29) is 25.8 Å². The molecule has 0 atom stereocenters. The molecule has 0 aliphatic heterocycles. The molecule has 1 radical (unpaired) electrons. The molecule has 1 heteroatoms. The van der Waals surface area contributed by atoms with Crippen molar-refractivity contribution in [3.8, 4) is 0 Å². The van der Waals surface area contributed by atoms with E-state index in [4.69, 9.17) is 0 Å². The summed E-state index contributed by atoms with van der Waals surface area (Å²) in [6.07, 6.45) is 2.33. The van der Waals surface area contributed by atoms with Crippen molar-refractivity contribution in [3.63, 3.8) is 0 Å². The Hall–Kier alpha value is 0.870. The van der Waals surface area contributed by atoms with Crippen molar-refractivity contribution < 1.29 is 0 Å². The Morgan fingerprint density at radius 3 is 1.12 bits per heavy atom. The summed E-state index contributed by atoms with van der Waals surface area (Å²) in [5, 5.41) is 0. The molecule has 0 heterocycles. The second kappa shape index (κ2) is 6.00. The van der Waals surface area contributed by atoms with E-state index in [1.165, 1.54) is 0 Å². The van der Waals surface area contributed by atoms with Crippen LogP contribution in [-0.2, 0) is 0 Å². The summed E-state index contributed by atoms with van der Waals surface area (Å²) in [5.74, 6) is 1.50. The van der Waals surface area contributed by atoms with Crippen LogP contribution in [0.15, 0.2) is 0 Å². The first-order valence-electron chi connectivity index (χ1n) is 2.98. The Bertz CT molecular complexity index is 33.7. The van der Waals surface area contributed by atoms with Crippen LogP contribution < -0.4 is 0 Å². The molecule has 0 aromatic heterocycles. The molecule has 0 fully saturated rings. The molecule has 0 amide bonds. The Morgan fingerprint density at radius 1 is 0.875 bits per heavy atom. The van der Waals surface area contributed by atoms with Gasteiger partial charge >= 0.3 is 25.8 Å². The quantitative estimate of drug-likeness (QED) is 0.654. The minimum atomic E-state index is 0. The molecule has 0 unspecified atom stereocenters. The van der Waals surface area contributed by atoms with Crippen LogP contribution in [0.2, 0.25) is 0 Å². The van der Waals surface area contributed by atoms with Crippen molar-refractivity contribution in [1.82, 2.24) is 0 Å². The zero-order valence-corrected chi connectivity index (χ0v) is 5.73. The summed E-state index contributed by atoms with van der Waals surface area (Å²) in [6.45, 7) is 8.83. The van der Waals surface area contributed by atoms with E-state index in [2.05, 4.69) is 34.1 Å². The zero-order chi connectivity index (χ0) is 5.86. The van der Waals surface area contributed by atoms with Crippen LogP contribution >= 0.6 is 0 Å². The van der Waals surface area contributed by atoms with Gasteiger partial charge in [0.05, 0.1) is 0 Å². The van der Waals surface area contributed by atoms with Gasteiger partial charge < -0.3 is 0 Å². The van der Waals surface area contributed by atoms with Crippen molar-refractivity contribution in [2.75, 3.05) is 0 Å². The van der Waals surface area contributed by atoms with E-state index in [1.807, 2.05) is 0 Å². The van der Waals surface area contributed by atoms with Crippen LogP contribution in [0.25, 0.3) is 0 Å². The van der Waals surface area contributed by atoms with Crippen LogP contribution in [0, 0.1) is 18.3 Å². The first kappa shape index (κ1) is 11.6. The average Bonchev–Trinajstić information content (AvgIpc) is 1.27. The molecule has 49 valence electrons. The van der Waals surface area contributed by atoms with Crippen molar-refractivity contribution in [2.45, 2.75) is 27.7 Å². The fraction of sp³-hybridized carbons (Fsp3) is 0.857. The summed E-state index contributed by atoms with van der Waals surface area (Å²) >= 11 is 0. The molecule has 0 saturated carbocycles. The normalized spacial score (nSPS) is 9.75. The standard InChI is InChI=1S/C7H15.In.3H/c1-6(2)5-7(3)4;;;;/h5-7H,1-4H3;;;;. The van der Waals surface area contributed by atoms with Crippen LogP contribution in [0.1, 0.15) is 27.7 Å². The third-order valence-corrected chi connectivity index (χ3v) is 0.770. The fourth-order valence-electron chi connectivity index (χ4n) is 0.770. The van der Waals surface area contributed by atoms with Crippen LogP contribution in [0.5, 0.6) is 0 Å². The van der Waals surface area contributed by atoms with Gasteiger partial charge in [-0.25, -0.2) is 0 Å². The van der Waals surface area contributed by atoms with Gasteiger partial charge in [0, 0.05) is 0 Å². The Labute approximate surface area is 71.8 Å². The van der Waals surface area contributed by atoms with Gasteiger partial charge in [0.25, 0.3) is 0 Å². The Kier molecular flexibility index (Phi) is 8.73. The average molecular weight is 217 g/mol. The monoisotopic (exact) mass is 217 g/mol. The first-order chi connectivity index (χ1) is 3.13. The SMILES string of the molecule is CC(C)[CH]C(C)C.[InH3]. The van der Waals surface area contributed by atoms with Gasteiger partial charge in [-0.3, -0.25) is 0 Å². The summed E-state index contributed by atoms with van der Waals surface area (Å²) < 4.78 is 0. The molecular weight excluding hydrogens is 199 g/mol. The third-order valence-electron chi connectivity index (χ3n) is 0.770. The summed E-state index contributed by atoms with van der Waals surface area (Å²) in [4.78, 5) is 0. The third kappa shape index (κ3) is 9.98. The Balaban J connectivity index is 0. The topological polar surface area (TPSA) is 0 Å². The van der Waals surface area contributed by atoms with E-state index < -0.39 is 0 Å². The molecule has 0 aliphatic rings. The second-order valence-electron chi connectivity index (χ2n) is 2.68. The van der Waals surface area contributed by atoms with Gasteiger partial charge in [-0.1, -0.05) is 27.7 Å². The van der Waals surface area contributed by atoms with Gasteiger partial charge in [0.1, 0.15) is 0 Å². The molecule has 0 bridgehead atoms. The number of hydrogen-bond donors (Lipinski definition) is 0. The van der Waals surface area contributed by atoms with Gasteiger partial charge in [0.2, 0.25) is 0 Å². The van der Waals surface area contributed by atoms with Crippen molar-refractivity contribution in [1.29, 1.82) is 0 Å². The predicted octanol–water partition coefficient (Wildman–Crippen LogP) is 1.32. The van der Waals surface area contributed by atoms with Crippen molar-refractivity contribution >= 4 is 25.8 Å². The number of hydrogen-bond acceptors (Lipinski definition) is 0. The second-order valence-corrected chi connectivity index (χ2v) is 2.68. The van der Waals surface area contributed by atoms with E-state index in [0.29, 0.717) is 0 Å². The van der Waals surface area contributed by atoms with E-state index in [9.17, 15) is 0 Å². The maximum atomic E-state index is 2.33. The molecule has 0 spiro atoms. The van der Waals surface area contributed by atoms with Crippen molar-refractivity contribution in [2.24, 2.45) is 11.8 Å². The number of rotatable bonds is 2. The van der Waals surface area contributed by atoms with E-state index in [1.54, 1.807) is 0 Å². The predicted molar refractivity (Wildman–Crippen MR) is 43.9 cm³/mol. The zero-order valence-electron chi connectivity index (χ0n) is 5.73. The van der Waals surface area contributed by atoms with Gasteiger partial charge in [-0.2, -0.15) is 0 Å². The van der Waals surface area contributed by atoms with E-state index >= 15 is 0 Å². The molecule has 0 nitrogen and oxygen atoms in total.